The predicted octanol–water partition coefficient (Wildman–Crippen LogP) is 3.90. The van der Waals surface area contributed by atoms with Gasteiger partial charge in [0.2, 0.25) is 0 Å². The maximum absolute atomic E-state index is 13.9. The minimum atomic E-state index is -1.46. The summed E-state index contributed by atoms with van der Waals surface area (Å²) < 4.78 is 27.5. The van der Waals surface area contributed by atoms with Gasteiger partial charge in [0.25, 0.3) is 0 Å². The van der Waals surface area contributed by atoms with Crippen LogP contribution in [0, 0.1) is 23.5 Å². The number of halogens is 2. The smallest absolute Gasteiger partial charge is 0.338 e. The van der Waals surface area contributed by atoms with Gasteiger partial charge in [-0.25, -0.2) is 13.6 Å². The Morgan fingerprint density at radius 1 is 1.25 bits per heavy atom. The Balaban J connectivity index is 2.18. The molecule has 0 heterocycles. The minimum Gasteiger partial charge on any atom is -0.478 e. The van der Waals surface area contributed by atoms with Crippen molar-refractivity contribution in [3.05, 3.63) is 29.3 Å². The Bertz CT molecular complexity index is 519. The van der Waals surface area contributed by atoms with Gasteiger partial charge in [-0.2, -0.15) is 0 Å². The van der Waals surface area contributed by atoms with E-state index in [1.807, 2.05) is 0 Å². The maximum atomic E-state index is 13.9. The summed E-state index contributed by atoms with van der Waals surface area (Å²) in [6, 6.07) is 2.49. The summed E-state index contributed by atoms with van der Waals surface area (Å²) in [6.45, 7) is 4.28. The van der Waals surface area contributed by atoms with Crippen LogP contribution in [0.4, 0.5) is 14.5 Å². The first-order valence-corrected chi connectivity index (χ1v) is 6.88. The van der Waals surface area contributed by atoms with Crippen LogP contribution in [0.25, 0.3) is 0 Å². The molecular weight excluding hydrogens is 264 g/mol. The number of nitrogens with one attached hydrogen (secondary N) is 1. The topological polar surface area (TPSA) is 49.3 Å². The normalized spacial score (nSPS) is 26.3. The molecule has 2 N–H and O–H groups in total. The fourth-order valence-corrected chi connectivity index (χ4v) is 2.91. The third kappa shape index (κ3) is 2.92. The molecule has 1 aromatic rings. The molecule has 0 aliphatic heterocycles. The first kappa shape index (κ1) is 14.8. The van der Waals surface area contributed by atoms with Crippen LogP contribution in [0.1, 0.15) is 43.5 Å². The van der Waals surface area contributed by atoms with Gasteiger partial charge < -0.3 is 10.4 Å². The second kappa shape index (κ2) is 5.77. The summed E-state index contributed by atoms with van der Waals surface area (Å²) >= 11 is 0. The predicted molar refractivity (Wildman–Crippen MR) is 72.9 cm³/mol. The van der Waals surface area contributed by atoms with Gasteiger partial charge in [0, 0.05) is 6.04 Å². The van der Waals surface area contributed by atoms with Gasteiger partial charge in [-0.1, -0.05) is 13.8 Å². The Kier molecular flexibility index (Phi) is 4.26. The molecular formula is C15H19F2NO2. The summed E-state index contributed by atoms with van der Waals surface area (Å²) in [7, 11) is 0. The fraction of sp³-hybridized carbons (Fsp3) is 0.533. The summed E-state index contributed by atoms with van der Waals surface area (Å²) in [5.41, 5.74) is -0.600. The Morgan fingerprint density at radius 2 is 1.95 bits per heavy atom. The van der Waals surface area contributed by atoms with Crippen LogP contribution in [0.3, 0.4) is 0 Å². The minimum absolute atomic E-state index is 0.0407. The van der Waals surface area contributed by atoms with Gasteiger partial charge in [-0.05, 0) is 43.2 Å². The van der Waals surface area contributed by atoms with E-state index in [9.17, 15) is 13.6 Å². The van der Waals surface area contributed by atoms with Crippen molar-refractivity contribution in [3.8, 4) is 0 Å². The summed E-state index contributed by atoms with van der Waals surface area (Å²) in [4.78, 5) is 10.7. The van der Waals surface area contributed by atoms with Crippen molar-refractivity contribution in [3.63, 3.8) is 0 Å². The lowest BCUT2D eigenvalue weighted by Gasteiger charge is -2.34. The van der Waals surface area contributed by atoms with E-state index in [1.54, 1.807) is 0 Å². The summed E-state index contributed by atoms with van der Waals surface area (Å²) in [5.74, 6) is -2.86. The highest BCUT2D eigenvalue weighted by Gasteiger charge is 2.27. The number of anilines is 1. The number of aromatic carboxylic acids is 1. The number of carboxylic acids is 1. The zero-order chi connectivity index (χ0) is 14.9. The van der Waals surface area contributed by atoms with Crippen molar-refractivity contribution in [2.24, 2.45) is 11.8 Å². The quantitative estimate of drug-likeness (QED) is 0.884. The highest BCUT2D eigenvalue weighted by atomic mass is 19.2. The Morgan fingerprint density at radius 3 is 2.55 bits per heavy atom. The van der Waals surface area contributed by atoms with Crippen LogP contribution >= 0.6 is 0 Å². The lowest BCUT2D eigenvalue weighted by molar-refractivity contribution is 0.0690. The van der Waals surface area contributed by atoms with Gasteiger partial charge >= 0.3 is 5.97 Å². The molecule has 0 saturated heterocycles. The molecule has 1 saturated carbocycles. The Labute approximate surface area is 117 Å². The van der Waals surface area contributed by atoms with E-state index in [4.69, 9.17) is 5.11 Å². The van der Waals surface area contributed by atoms with Crippen LogP contribution in [-0.2, 0) is 0 Å². The van der Waals surface area contributed by atoms with Crippen molar-refractivity contribution < 1.29 is 18.7 Å². The molecule has 1 aliphatic rings. The van der Waals surface area contributed by atoms with Crippen molar-refractivity contribution in [1.29, 1.82) is 0 Å². The molecule has 0 bridgehead atoms. The summed E-state index contributed by atoms with van der Waals surface area (Å²) in [6.07, 6.45) is 3.01. The second-order valence-electron chi connectivity index (χ2n) is 5.74. The van der Waals surface area contributed by atoms with Gasteiger partial charge in [-0.3, -0.25) is 0 Å². The van der Waals surface area contributed by atoms with Gasteiger partial charge in [0.15, 0.2) is 11.6 Å². The van der Waals surface area contributed by atoms with Crippen LogP contribution in [0.15, 0.2) is 12.1 Å². The van der Waals surface area contributed by atoms with Crippen molar-refractivity contribution in [1.82, 2.24) is 0 Å². The molecule has 110 valence electrons. The lowest BCUT2D eigenvalue weighted by atomic mass is 9.80. The van der Waals surface area contributed by atoms with Crippen LogP contribution in [0.2, 0.25) is 0 Å². The molecule has 1 fully saturated rings. The zero-order valence-electron chi connectivity index (χ0n) is 11.6. The number of hydrogen-bond donors (Lipinski definition) is 2. The van der Waals surface area contributed by atoms with Crippen molar-refractivity contribution in [2.75, 3.05) is 5.32 Å². The molecule has 1 aromatic carbocycles. The average Bonchev–Trinajstić information content (AvgIpc) is 2.37. The SMILES string of the molecule is CC1CCC(Nc2ccc(C(=O)O)c(F)c2F)C(C)C1. The molecule has 3 nitrogen and oxygen atoms in total. The number of carboxylic acid groups (broad SMARTS) is 1. The molecule has 0 aromatic heterocycles. The van der Waals surface area contributed by atoms with Crippen LogP contribution in [0.5, 0.6) is 0 Å². The third-order valence-corrected chi connectivity index (χ3v) is 4.09. The van der Waals surface area contributed by atoms with E-state index < -0.39 is 23.2 Å². The van der Waals surface area contributed by atoms with Gasteiger partial charge in [0.05, 0.1) is 11.3 Å². The van der Waals surface area contributed by atoms with Crippen LogP contribution in [-0.4, -0.2) is 17.1 Å². The molecule has 1 aliphatic carbocycles. The van der Waals surface area contributed by atoms with Gasteiger partial charge in [-0.15, -0.1) is 0 Å². The van der Waals surface area contributed by atoms with Crippen molar-refractivity contribution in [2.45, 2.75) is 39.2 Å². The van der Waals surface area contributed by atoms with E-state index in [1.165, 1.54) is 6.07 Å². The maximum Gasteiger partial charge on any atom is 0.338 e. The van der Waals surface area contributed by atoms with Crippen molar-refractivity contribution >= 4 is 11.7 Å². The molecule has 5 heteroatoms. The molecule has 0 radical (unpaired) electrons. The molecule has 0 spiro atoms. The average molecular weight is 283 g/mol. The largest absolute Gasteiger partial charge is 0.478 e. The van der Waals surface area contributed by atoms with E-state index in [0.717, 1.165) is 25.3 Å². The monoisotopic (exact) mass is 283 g/mol. The Hall–Kier alpha value is -1.65. The molecule has 0 amide bonds. The van der Waals surface area contributed by atoms with Gasteiger partial charge in [0.1, 0.15) is 0 Å². The van der Waals surface area contributed by atoms with Crippen LogP contribution < -0.4 is 5.32 Å². The van der Waals surface area contributed by atoms with E-state index in [0.29, 0.717) is 11.8 Å². The lowest BCUT2D eigenvalue weighted by Crippen LogP contribution is -2.33. The zero-order valence-corrected chi connectivity index (χ0v) is 11.6. The van der Waals surface area contributed by atoms with E-state index >= 15 is 0 Å². The van der Waals surface area contributed by atoms with E-state index in [-0.39, 0.29) is 11.7 Å². The first-order chi connectivity index (χ1) is 9.40. The number of benzene rings is 1. The highest BCUT2D eigenvalue weighted by molar-refractivity contribution is 5.88. The first-order valence-electron chi connectivity index (χ1n) is 6.88. The number of rotatable bonds is 3. The third-order valence-electron chi connectivity index (χ3n) is 4.09. The molecule has 3 unspecified atom stereocenters. The summed E-state index contributed by atoms with van der Waals surface area (Å²) in [5, 5.41) is 11.8. The molecule has 20 heavy (non-hydrogen) atoms. The van der Waals surface area contributed by atoms with E-state index in [2.05, 4.69) is 19.2 Å². The second-order valence-corrected chi connectivity index (χ2v) is 5.74. The number of carbonyl (C=O) groups is 1. The standard InChI is InChI=1S/C15H19F2NO2/c1-8-3-5-11(9(2)7-8)18-12-6-4-10(15(19)20)13(16)14(12)17/h4,6,8-9,11,18H,3,5,7H2,1-2H3,(H,19,20). The fourth-order valence-electron chi connectivity index (χ4n) is 2.91. The molecule has 3 atom stereocenters. The molecule has 2 rings (SSSR count). The highest BCUT2D eigenvalue weighted by Crippen LogP contribution is 2.32. The number of hydrogen-bond acceptors (Lipinski definition) is 2.